The van der Waals surface area contributed by atoms with Crippen LogP contribution in [0.1, 0.15) is 42.6 Å². The third kappa shape index (κ3) is 4.70. The van der Waals surface area contributed by atoms with Gasteiger partial charge in [0, 0.05) is 24.1 Å². The van der Waals surface area contributed by atoms with Crippen molar-refractivity contribution >= 4 is 17.9 Å². The number of hydrogen-bond donors (Lipinski definition) is 0. The highest BCUT2D eigenvalue weighted by atomic mass is 16.5. The van der Waals surface area contributed by atoms with E-state index in [0.29, 0.717) is 54.5 Å². The van der Waals surface area contributed by atoms with Crippen molar-refractivity contribution in [1.82, 2.24) is 9.91 Å². The van der Waals surface area contributed by atoms with Crippen LogP contribution in [0.5, 0.6) is 23.0 Å². The number of rotatable bonds is 8. The van der Waals surface area contributed by atoms with Gasteiger partial charge in [0.1, 0.15) is 29.4 Å². The lowest BCUT2D eigenvalue weighted by Gasteiger charge is -2.39. The Morgan fingerprint density at radius 1 is 0.919 bits per heavy atom. The molecule has 9 nitrogen and oxygen atoms in total. The highest BCUT2D eigenvalue weighted by molar-refractivity contribution is 6.07. The molecule has 2 aromatic carbocycles. The molecule has 0 saturated carbocycles. The molecule has 0 aliphatic carbocycles. The summed E-state index contributed by atoms with van der Waals surface area (Å²) in [6.45, 7) is 5.14. The Balaban J connectivity index is 1.56. The molecule has 0 bridgehead atoms. The monoisotopic (exact) mass is 509 g/mol. The van der Waals surface area contributed by atoms with E-state index in [0.717, 1.165) is 17.6 Å². The van der Waals surface area contributed by atoms with E-state index in [-0.39, 0.29) is 11.9 Å². The van der Waals surface area contributed by atoms with E-state index in [4.69, 9.17) is 24.0 Å². The fourth-order valence-corrected chi connectivity index (χ4v) is 5.29. The van der Waals surface area contributed by atoms with Gasteiger partial charge in [0.05, 0.1) is 40.2 Å². The summed E-state index contributed by atoms with van der Waals surface area (Å²) >= 11 is 0. The highest BCUT2D eigenvalue weighted by Crippen LogP contribution is 2.40. The Labute approximate surface area is 217 Å². The molecule has 0 spiro atoms. The zero-order chi connectivity index (χ0) is 26.7. The van der Waals surface area contributed by atoms with E-state index in [1.165, 1.54) is 0 Å². The van der Waals surface area contributed by atoms with Crippen LogP contribution in [0, 0.1) is 5.41 Å². The smallest absolute Gasteiger partial charge is 0.261 e. The van der Waals surface area contributed by atoms with Crippen LogP contribution in [0.25, 0.3) is 0 Å². The van der Waals surface area contributed by atoms with Crippen LogP contribution < -0.4 is 18.9 Å². The number of amides is 1. The quantitative estimate of drug-likeness (QED) is 0.502. The van der Waals surface area contributed by atoms with Crippen molar-refractivity contribution in [3.63, 3.8) is 0 Å². The standard InChI is InChI=1S/C28H35N3O6/c1-28(2)24(17-32)31(29-26(28)18-10-11-20(34-3)23(16-18)37-6)19-12-14-30(15-13-19)27(33)25-21(35-4)8-7-9-22(25)36-5/h7-11,16-17,19,24H,12-15H2,1-6H3. The first-order chi connectivity index (χ1) is 17.8. The number of piperidine rings is 1. The normalized spacial score (nSPS) is 19.3. The number of likely N-dealkylation sites (tertiary alicyclic amines) is 1. The first-order valence-corrected chi connectivity index (χ1v) is 12.4. The number of hydrogen-bond acceptors (Lipinski definition) is 8. The van der Waals surface area contributed by atoms with Crippen molar-refractivity contribution in [3.8, 4) is 23.0 Å². The molecule has 37 heavy (non-hydrogen) atoms. The number of carbonyl (C=O) groups excluding carboxylic acids is 2. The van der Waals surface area contributed by atoms with Gasteiger partial charge in [0.2, 0.25) is 0 Å². The van der Waals surface area contributed by atoms with Crippen LogP contribution in [0.3, 0.4) is 0 Å². The second-order valence-electron chi connectivity index (χ2n) is 9.76. The molecule has 1 amide bonds. The Bertz CT molecular complexity index is 1160. The van der Waals surface area contributed by atoms with Gasteiger partial charge >= 0.3 is 0 Å². The number of carbonyl (C=O) groups is 2. The maximum absolute atomic E-state index is 13.4. The summed E-state index contributed by atoms with van der Waals surface area (Å²) in [7, 11) is 6.28. The second-order valence-corrected chi connectivity index (χ2v) is 9.76. The lowest BCUT2D eigenvalue weighted by atomic mass is 9.78. The summed E-state index contributed by atoms with van der Waals surface area (Å²) in [6.07, 6.45) is 2.35. The summed E-state index contributed by atoms with van der Waals surface area (Å²) in [5.41, 5.74) is 1.61. The summed E-state index contributed by atoms with van der Waals surface area (Å²) in [4.78, 5) is 27.5. The van der Waals surface area contributed by atoms with Crippen molar-refractivity contribution in [2.24, 2.45) is 10.5 Å². The van der Waals surface area contributed by atoms with E-state index in [9.17, 15) is 9.59 Å². The number of hydrazone groups is 1. The summed E-state index contributed by atoms with van der Waals surface area (Å²) in [5.74, 6) is 2.08. The molecule has 0 aromatic heterocycles. The summed E-state index contributed by atoms with van der Waals surface area (Å²) in [6, 6.07) is 10.6. The maximum Gasteiger partial charge on any atom is 0.261 e. The van der Waals surface area contributed by atoms with Crippen molar-refractivity contribution in [3.05, 3.63) is 47.5 Å². The molecule has 1 unspecified atom stereocenters. The molecule has 198 valence electrons. The zero-order valence-corrected chi connectivity index (χ0v) is 22.3. The van der Waals surface area contributed by atoms with Gasteiger partial charge in [0.25, 0.3) is 5.91 Å². The second kappa shape index (κ2) is 10.7. The third-order valence-corrected chi connectivity index (χ3v) is 7.40. The van der Waals surface area contributed by atoms with Gasteiger partial charge in [-0.2, -0.15) is 5.10 Å². The number of ether oxygens (including phenoxy) is 4. The van der Waals surface area contributed by atoms with E-state index >= 15 is 0 Å². The van der Waals surface area contributed by atoms with Gasteiger partial charge in [-0.25, -0.2) is 0 Å². The van der Waals surface area contributed by atoms with Crippen molar-refractivity contribution < 1.29 is 28.5 Å². The maximum atomic E-state index is 13.4. The van der Waals surface area contributed by atoms with Crippen LogP contribution in [0.4, 0.5) is 0 Å². The minimum absolute atomic E-state index is 0.0238. The summed E-state index contributed by atoms with van der Waals surface area (Å²) in [5, 5.41) is 6.91. The number of methoxy groups -OCH3 is 4. The van der Waals surface area contributed by atoms with Crippen LogP contribution in [0.15, 0.2) is 41.5 Å². The Morgan fingerprint density at radius 2 is 1.51 bits per heavy atom. The van der Waals surface area contributed by atoms with Crippen LogP contribution >= 0.6 is 0 Å². The molecule has 1 atom stereocenters. The van der Waals surface area contributed by atoms with Gasteiger partial charge in [0.15, 0.2) is 11.5 Å². The van der Waals surface area contributed by atoms with Gasteiger partial charge in [-0.15, -0.1) is 0 Å². The van der Waals surface area contributed by atoms with Crippen molar-refractivity contribution in [1.29, 1.82) is 0 Å². The molecule has 9 heteroatoms. The molecule has 2 aliphatic heterocycles. The predicted molar refractivity (Wildman–Crippen MR) is 140 cm³/mol. The van der Waals surface area contributed by atoms with Gasteiger partial charge in [-0.1, -0.05) is 19.9 Å². The highest BCUT2D eigenvalue weighted by Gasteiger charge is 2.47. The first kappa shape index (κ1) is 26.3. The molecule has 2 aliphatic rings. The van der Waals surface area contributed by atoms with Gasteiger partial charge in [-0.3, -0.25) is 9.80 Å². The van der Waals surface area contributed by atoms with Crippen molar-refractivity contribution in [2.45, 2.75) is 38.8 Å². The van der Waals surface area contributed by atoms with Crippen molar-refractivity contribution in [2.75, 3.05) is 41.5 Å². The van der Waals surface area contributed by atoms with Crippen LogP contribution in [-0.2, 0) is 4.79 Å². The Hall–Kier alpha value is -3.75. The largest absolute Gasteiger partial charge is 0.496 e. The molecule has 1 saturated heterocycles. The topological polar surface area (TPSA) is 89.9 Å². The lowest BCUT2D eigenvalue weighted by Crippen LogP contribution is -2.50. The average Bonchev–Trinajstić information content (AvgIpc) is 3.21. The Kier molecular flexibility index (Phi) is 7.61. The predicted octanol–water partition coefficient (Wildman–Crippen LogP) is 3.64. The minimum Gasteiger partial charge on any atom is -0.496 e. The zero-order valence-electron chi connectivity index (χ0n) is 22.3. The molecule has 0 radical (unpaired) electrons. The van der Waals surface area contributed by atoms with E-state index in [2.05, 4.69) is 0 Å². The van der Waals surface area contributed by atoms with Gasteiger partial charge < -0.3 is 28.6 Å². The minimum atomic E-state index is -0.515. The molecule has 4 rings (SSSR count). The molecular formula is C28H35N3O6. The van der Waals surface area contributed by atoms with E-state index < -0.39 is 11.5 Å². The van der Waals surface area contributed by atoms with Gasteiger partial charge in [-0.05, 0) is 43.2 Å². The molecule has 0 N–H and O–H groups in total. The molecule has 2 aromatic rings. The SMILES string of the molecule is COc1ccc(C2=NN(C3CCN(C(=O)c4c(OC)cccc4OC)CC3)C(C=O)C2(C)C)cc1OC. The fraction of sp³-hybridized carbons (Fsp3) is 0.464. The Morgan fingerprint density at radius 3 is 2.05 bits per heavy atom. The van der Waals surface area contributed by atoms with E-state index in [1.54, 1.807) is 46.6 Å². The number of nitrogens with zero attached hydrogens (tertiary/aromatic N) is 3. The molecular weight excluding hydrogens is 474 g/mol. The summed E-state index contributed by atoms with van der Waals surface area (Å²) < 4.78 is 21.7. The third-order valence-electron chi connectivity index (χ3n) is 7.40. The molecule has 1 fully saturated rings. The van der Waals surface area contributed by atoms with Crippen LogP contribution in [-0.4, -0.2) is 81.4 Å². The fourth-order valence-electron chi connectivity index (χ4n) is 5.29. The average molecular weight is 510 g/mol. The van der Waals surface area contributed by atoms with E-state index in [1.807, 2.05) is 42.0 Å². The first-order valence-electron chi connectivity index (χ1n) is 12.4. The molecule has 2 heterocycles. The van der Waals surface area contributed by atoms with Crippen LogP contribution in [0.2, 0.25) is 0 Å². The lowest BCUT2D eigenvalue weighted by molar-refractivity contribution is -0.115. The number of benzene rings is 2. The number of aldehydes is 1.